The first-order valence-corrected chi connectivity index (χ1v) is 16.2. The van der Waals surface area contributed by atoms with E-state index >= 15 is 0 Å². The van der Waals surface area contributed by atoms with Gasteiger partial charge in [-0.25, -0.2) is 0 Å². The molecule has 0 atom stereocenters. The number of anilines is 2. The minimum Gasteiger partial charge on any atom is -0.481 e. The van der Waals surface area contributed by atoms with Crippen molar-refractivity contribution in [2.45, 2.75) is 45.1 Å². The van der Waals surface area contributed by atoms with E-state index in [1.165, 1.54) is 5.56 Å². The standard InChI is InChI=1S/C38H40N4O4/c43-36(44)17-22-42(38(46)31-9-10-31)26-29-7-4-8-32(24-29)33-11-12-35(34(25-33)40-37(45)30-13-18-39-19-14-30)41-20-15-28(16-21-41)23-27-5-2-1-3-6-27/h1-8,11-14,18-19,24-25,28,31H,9-10,15-17,20-23,26H2,(H,40,45)(H,43,44). The second kappa shape index (κ2) is 14.4. The maximum absolute atomic E-state index is 13.3. The van der Waals surface area contributed by atoms with E-state index in [1.807, 2.05) is 30.3 Å². The Bertz CT molecular complexity index is 1660. The minimum absolute atomic E-state index is 0.0134. The van der Waals surface area contributed by atoms with E-state index in [1.54, 1.807) is 29.4 Å². The molecule has 1 saturated heterocycles. The van der Waals surface area contributed by atoms with Crippen molar-refractivity contribution in [1.82, 2.24) is 9.88 Å². The van der Waals surface area contributed by atoms with Crippen molar-refractivity contribution in [3.8, 4) is 11.1 Å². The summed E-state index contributed by atoms with van der Waals surface area (Å²) in [5.41, 5.74) is 6.50. The van der Waals surface area contributed by atoms with Gasteiger partial charge < -0.3 is 20.2 Å². The summed E-state index contributed by atoms with van der Waals surface area (Å²) in [6, 6.07) is 28.3. The Morgan fingerprint density at radius 2 is 1.54 bits per heavy atom. The zero-order valence-corrected chi connectivity index (χ0v) is 26.0. The first kappa shape index (κ1) is 31.0. The molecule has 0 unspecified atom stereocenters. The summed E-state index contributed by atoms with van der Waals surface area (Å²) in [6.45, 7) is 2.37. The van der Waals surface area contributed by atoms with Crippen LogP contribution >= 0.6 is 0 Å². The Labute approximate surface area is 270 Å². The highest BCUT2D eigenvalue weighted by Gasteiger charge is 2.33. The van der Waals surface area contributed by atoms with Crippen molar-refractivity contribution in [2.75, 3.05) is 29.9 Å². The summed E-state index contributed by atoms with van der Waals surface area (Å²) < 4.78 is 0. The third-order valence-electron chi connectivity index (χ3n) is 8.98. The number of piperidine rings is 1. The minimum atomic E-state index is -0.913. The lowest BCUT2D eigenvalue weighted by Crippen LogP contribution is -2.35. The fourth-order valence-electron chi connectivity index (χ4n) is 6.27. The third-order valence-corrected chi connectivity index (χ3v) is 8.98. The largest absolute Gasteiger partial charge is 0.481 e. The summed E-state index contributed by atoms with van der Waals surface area (Å²) >= 11 is 0. The summed E-state index contributed by atoms with van der Waals surface area (Å²) in [5, 5.41) is 12.4. The predicted octanol–water partition coefficient (Wildman–Crippen LogP) is 6.67. The molecule has 0 spiro atoms. The van der Waals surface area contributed by atoms with Crippen molar-refractivity contribution in [3.05, 3.63) is 114 Å². The van der Waals surface area contributed by atoms with Crippen LogP contribution in [0.5, 0.6) is 0 Å². The molecule has 8 nitrogen and oxygen atoms in total. The van der Waals surface area contributed by atoms with E-state index in [2.05, 4.69) is 57.7 Å². The molecule has 2 amide bonds. The number of aliphatic carboxylic acids is 1. The van der Waals surface area contributed by atoms with Gasteiger partial charge >= 0.3 is 5.97 Å². The van der Waals surface area contributed by atoms with E-state index < -0.39 is 5.97 Å². The van der Waals surface area contributed by atoms with Crippen LogP contribution in [0.4, 0.5) is 11.4 Å². The molecule has 46 heavy (non-hydrogen) atoms. The monoisotopic (exact) mass is 616 g/mol. The molecule has 1 aliphatic carbocycles. The topological polar surface area (TPSA) is 103 Å². The van der Waals surface area contributed by atoms with Crippen molar-refractivity contribution in [2.24, 2.45) is 11.8 Å². The van der Waals surface area contributed by atoms with Gasteiger partial charge in [-0.2, -0.15) is 0 Å². The van der Waals surface area contributed by atoms with Crippen molar-refractivity contribution in [1.29, 1.82) is 0 Å². The van der Waals surface area contributed by atoms with Crippen LogP contribution in [-0.4, -0.2) is 52.4 Å². The number of aromatic nitrogens is 1. The van der Waals surface area contributed by atoms with E-state index in [0.29, 0.717) is 18.0 Å². The molecular formula is C38H40N4O4. The van der Waals surface area contributed by atoms with Gasteiger partial charge in [0.15, 0.2) is 0 Å². The normalized spacial score (nSPS) is 14.9. The fourth-order valence-corrected chi connectivity index (χ4v) is 6.27. The van der Waals surface area contributed by atoms with Crippen LogP contribution in [-0.2, 0) is 22.6 Å². The van der Waals surface area contributed by atoms with E-state index in [9.17, 15) is 19.5 Å². The van der Waals surface area contributed by atoms with E-state index in [-0.39, 0.29) is 30.7 Å². The van der Waals surface area contributed by atoms with Crippen molar-refractivity contribution in [3.63, 3.8) is 0 Å². The fraction of sp³-hybridized carbons (Fsp3) is 0.316. The molecule has 2 aliphatic rings. The molecule has 236 valence electrons. The number of pyridine rings is 1. The SMILES string of the molecule is O=C(O)CCN(Cc1cccc(-c2ccc(N3CCC(Cc4ccccc4)CC3)c(NC(=O)c3ccncc3)c2)c1)C(=O)C1CC1. The van der Waals surface area contributed by atoms with Gasteiger partial charge in [-0.1, -0.05) is 54.6 Å². The Hall–Kier alpha value is -4.98. The molecule has 6 rings (SSSR count). The predicted molar refractivity (Wildman–Crippen MR) is 180 cm³/mol. The Morgan fingerprint density at radius 3 is 2.26 bits per heavy atom. The van der Waals surface area contributed by atoms with Crippen LogP contribution in [0.3, 0.4) is 0 Å². The number of nitrogens with zero attached hydrogens (tertiary/aromatic N) is 3. The molecule has 2 heterocycles. The lowest BCUT2D eigenvalue weighted by Gasteiger charge is -2.35. The number of amides is 2. The number of benzene rings is 3. The van der Waals surface area contributed by atoms with Crippen LogP contribution in [0, 0.1) is 11.8 Å². The Balaban J connectivity index is 1.23. The molecule has 0 bridgehead atoms. The molecule has 1 aromatic heterocycles. The van der Waals surface area contributed by atoms with Crippen LogP contribution in [0.15, 0.2) is 97.3 Å². The highest BCUT2D eigenvalue weighted by molar-refractivity contribution is 6.06. The average molecular weight is 617 g/mol. The highest BCUT2D eigenvalue weighted by atomic mass is 16.4. The molecule has 2 N–H and O–H groups in total. The summed E-state index contributed by atoms with van der Waals surface area (Å²) in [6.07, 6.45) is 8.12. The Kier molecular flexibility index (Phi) is 9.72. The molecule has 0 radical (unpaired) electrons. The summed E-state index contributed by atoms with van der Waals surface area (Å²) in [4.78, 5) is 45.6. The summed E-state index contributed by atoms with van der Waals surface area (Å²) in [5.74, 6) is -0.438. The lowest BCUT2D eigenvalue weighted by atomic mass is 9.90. The molecule has 8 heteroatoms. The molecule has 3 aromatic carbocycles. The number of hydrogen-bond donors (Lipinski definition) is 2. The van der Waals surface area contributed by atoms with Gasteiger partial charge in [-0.05, 0) is 90.6 Å². The number of carbonyl (C=O) groups excluding carboxylic acids is 2. The van der Waals surface area contributed by atoms with Gasteiger partial charge in [-0.3, -0.25) is 19.4 Å². The number of rotatable bonds is 12. The quantitative estimate of drug-likeness (QED) is 0.184. The smallest absolute Gasteiger partial charge is 0.305 e. The molecule has 4 aromatic rings. The molecular weight excluding hydrogens is 576 g/mol. The molecule has 2 fully saturated rings. The first-order chi connectivity index (χ1) is 22.4. The number of carboxylic acid groups (broad SMARTS) is 1. The second-order valence-electron chi connectivity index (χ2n) is 12.4. The molecule has 1 aliphatic heterocycles. The lowest BCUT2D eigenvalue weighted by molar-refractivity contribution is -0.139. The first-order valence-electron chi connectivity index (χ1n) is 16.2. The van der Waals surface area contributed by atoms with Gasteiger partial charge in [0.25, 0.3) is 5.91 Å². The van der Waals surface area contributed by atoms with E-state index in [4.69, 9.17) is 0 Å². The average Bonchev–Trinajstić information content (AvgIpc) is 3.94. The zero-order valence-electron chi connectivity index (χ0n) is 26.0. The number of nitrogens with one attached hydrogen (secondary N) is 1. The van der Waals surface area contributed by atoms with Crippen LogP contribution in [0.2, 0.25) is 0 Å². The number of carbonyl (C=O) groups is 3. The van der Waals surface area contributed by atoms with Crippen LogP contribution < -0.4 is 10.2 Å². The number of hydrogen-bond acceptors (Lipinski definition) is 5. The maximum Gasteiger partial charge on any atom is 0.305 e. The second-order valence-corrected chi connectivity index (χ2v) is 12.4. The van der Waals surface area contributed by atoms with E-state index in [0.717, 1.165) is 73.3 Å². The summed E-state index contributed by atoms with van der Waals surface area (Å²) in [7, 11) is 0. The maximum atomic E-state index is 13.3. The Morgan fingerprint density at radius 1 is 0.826 bits per heavy atom. The van der Waals surface area contributed by atoms with Crippen molar-refractivity contribution < 1.29 is 19.5 Å². The third kappa shape index (κ3) is 7.99. The highest BCUT2D eigenvalue weighted by Crippen LogP contribution is 2.36. The van der Waals surface area contributed by atoms with Crippen molar-refractivity contribution >= 4 is 29.2 Å². The van der Waals surface area contributed by atoms with Gasteiger partial charge in [0.1, 0.15) is 0 Å². The zero-order chi connectivity index (χ0) is 31.9. The van der Waals surface area contributed by atoms with Crippen LogP contribution in [0.1, 0.15) is 53.6 Å². The van der Waals surface area contributed by atoms with Gasteiger partial charge in [0.2, 0.25) is 5.91 Å². The van der Waals surface area contributed by atoms with Gasteiger partial charge in [0.05, 0.1) is 17.8 Å². The van der Waals surface area contributed by atoms with Gasteiger partial charge in [-0.15, -0.1) is 0 Å². The molecule has 1 saturated carbocycles. The number of carboxylic acids is 1. The van der Waals surface area contributed by atoms with Gasteiger partial charge in [0, 0.05) is 50.1 Å². The van der Waals surface area contributed by atoms with Crippen LogP contribution in [0.25, 0.3) is 11.1 Å².